The Labute approximate surface area is 171 Å². The summed E-state index contributed by atoms with van der Waals surface area (Å²) in [6.07, 6.45) is 3.27. The summed E-state index contributed by atoms with van der Waals surface area (Å²) >= 11 is 5.83. The van der Waals surface area contributed by atoms with Crippen molar-refractivity contribution in [3.05, 3.63) is 64.2 Å². The molecule has 2 aromatic rings. The molecule has 1 aliphatic rings. The minimum atomic E-state index is -3.54. The number of sulfonamides is 1. The van der Waals surface area contributed by atoms with E-state index in [-0.39, 0.29) is 6.54 Å². The maximum atomic E-state index is 12.2. The summed E-state index contributed by atoms with van der Waals surface area (Å²) in [4.78, 5) is 9.17. The van der Waals surface area contributed by atoms with E-state index >= 15 is 0 Å². The average molecular weight is 421 g/mol. The molecule has 0 radical (unpaired) electrons. The normalized spacial score (nSPS) is 16.0. The Hall–Kier alpha value is -1.93. The fourth-order valence-corrected chi connectivity index (χ4v) is 3.90. The lowest BCUT2D eigenvalue weighted by Gasteiger charge is -2.34. The van der Waals surface area contributed by atoms with Gasteiger partial charge in [0.05, 0.1) is 0 Å². The Morgan fingerprint density at radius 1 is 1.11 bits per heavy atom. The van der Waals surface area contributed by atoms with Crippen LogP contribution >= 0.6 is 11.6 Å². The third-order valence-corrected chi connectivity index (χ3v) is 6.03. The van der Waals surface area contributed by atoms with Crippen LogP contribution in [0.1, 0.15) is 18.1 Å². The minimum absolute atomic E-state index is 0.199. The van der Waals surface area contributed by atoms with Crippen LogP contribution in [0.15, 0.2) is 48.0 Å². The number of nitrogens with one attached hydrogen (secondary N) is 1. The summed E-state index contributed by atoms with van der Waals surface area (Å²) in [6, 6.07) is 10.8. The fourth-order valence-electron chi connectivity index (χ4n) is 2.98. The molecule has 1 saturated heterocycles. The highest BCUT2D eigenvalue weighted by Gasteiger charge is 2.16. The topological polar surface area (TPSA) is 65.5 Å². The molecule has 6 nitrogen and oxygen atoms in total. The van der Waals surface area contributed by atoms with E-state index in [4.69, 9.17) is 11.6 Å². The molecule has 150 valence electrons. The van der Waals surface area contributed by atoms with E-state index in [9.17, 15) is 8.42 Å². The largest absolute Gasteiger partial charge is 0.354 e. The van der Waals surface area contributed by atoms with E-state index in [1.165, 1.54) is 6.08 Å². The van der Waals surface area contributed by atoms with Crippen LogP contribution in [-0.2, 0) is 16.6 Å². The maximum absolute atomic E-state index is 12.2. The lowest BCUT2D eigenvalue weighted by molar-refractivity contribution is 0.270. The smallest absolute Gasteiger partial charge is 0.234 e. The summed E-state index contributed by atoms with van der Waals surface area (Å²) in [7, 11) is -3.54. The van der Waals surface area contributed by atoms with Gasteiger partial charge in [0.1, 0.15) is 5.82 Å². The zero-order valence-electron chi connectivity index (χ0n) is 15.9. The van der Waals surface area contributed by atoms with Gasteiger partial charge in [-0.2, -0.15) is 0 Å². The third kappa shape index (κ3) is 6.04. The molecule has 0 saturated carbocycles. The molecule has 0 amide bonds. The van der Waals surface area contributed by atoms with Gasteiger partial charge in [0, 0.05) is 49.4 Å². The van der Waals surface area contributed by atoms with Crippen molar-refractivity contribution in [2.24, 2.45) is 0 Å². The highest BCUT2D eigenvalue weighted by atomic mass is 35.5. The van der Waals surface area contributed by atoms with Crippen molar-refractivity contribution in [2.45, 2.75) is 13.5 Å². The van der Waals surface area contributed by atoms with Gasteiger partial charge >= 0.3 is 0 Å². The van der Waals surface area contributed by atoms with Crippen molar-refractivity contribution < 1.29 is 8.42 Å². The zero-order chi connectivity index (χ0) is 20.0. The van der Waals surface area contributed by atoms with E-state index in [0.717, 1.165) is 55.1 Å². The number of rotatable bonds is 7. The molecule has 0 spiro atoms. The van der Waals surface area contributed by atoms with E-state index in [1.54, 1.807) is 30.5 Å². The van der Waals surface area contributed by atoms with Crippen molar-refractivity contribution in [1.82, 2.24) is 14.6 Å². The number of piperazine rings is 1. The first-order valence-corrected chi connectivity index (χ1v) is 11.2. The van der Waals surface area contributed by atoms with Crippen molar-refractivity contribution in [3.8, 4) is 0 Å². The first-order valence-electron chi connectivity index (χ1n) is 9.31. The van der Waals surface area contributed by atoms with Gasteiger partial charge in [-0.25, -0.2) is 18.1 Å². The summed E-state index contributed by atoms with van der Waals surface area (Å²) in [5.74, 6) is 0.935. The Balaban J connectivity index is 1.53. The van der Waals surface area contributed by atoms with Gasteiger partial charge in [-0.15, -0.1) is 0 Å². The summed E-state index contributed by atoms with van der Waals surface area (Å²) in [5.41, 5.74) is 1.59. The van der Waals surface area contributed by atoms with Crippen LogP contribution in [0, 0.1) is 0 Å². The molecule has 1 aliphatic heterocycles. The Bertz CT molecular complexity index is 891. The fraction of sp³-hybridized carbons (Fsp3) is 0.350. The molecular weight excluding hydrogens is 396 g/mol. The van der Waals surface area contributed by atoms with Crippen LogP contribution in [0.4, 0.5) is 5.82 Å². The van der Waals surface area contributed by atoms with Crippen molar-refractivity contribution in [3.63, 3.8) is 0 Å². The van der Waals surface area contributed by atoms with Crippen LogP contribution in [0.3, 0.4) is 0 Å². The van der Waals surface area contributed by atoms with Crippen LogP contribution in [-0.4, -0.2) is 51.0 Å². The second kappa shape index (κ2) is 9.52. The Morgan fingerprint density at radius 2 is 1.82 bits per heavy atom. The average Bonchev–Trinajstić information content (AvgIpc) is 2.72. The number of pyridine rings is 1. The Morgan fingerprint density at radius 3 is 2.43 bits per heavy atom. The van der Waals surface area contributed by atoms with Crippen LogP contribution in [0.25, 0.3) is 6.08 Å². The predicted octanol–water partition coefficient (Wildman–Crippen LogP) is 2.97. The van der Waals surface area contributed by atoms with Crippen LogP contribution in [0.2, 0.25) is 5.02 Å². The summed E-state index contributed by atoms with van der Waals surface area (Å²) in [6.45, 7) is 7.45. The van der Waals surface area contributed by atoms with Crippen LogP contribution in [0.5, 0.6) is 0 Å². The van der Waals surface area contributed by atoms with Crippen molar-refractivity contribution >= 4 is 33.5 Å². The van der Waals surface area contributed by atoms with Crippen molar-refractivity contribution in [2.75, 3.05) is 37.6 Å². The number of nitrogens with zero attached hydrogens (tertiary/aromatic N) is 3. The molecule has 1 fully saturated rings. The third-order valence-electron chi connectivity index (χ3n) is 4.74. The number of hydrogen-bond acceptors (Lipinski definition) is 5. The summed E-state index contributed by atoms with van der Waals surface area (Å²) in [5, 5.41) is 1.77. The molecule has 8 heteroatoms. The van der Waals surface area contributed by atoms with Gasteiger partial charge in [-0.3, -0.25) is 0 Å². The lowest BCUT2D eigenvalue weighted by atomic mass is 10.2. The first kappa shape index (κ1) is 20.8. The number of aromatic nitrogens is 1. The minimum Gasteiger partial charge on any atom is -0.354 e. The molecule has 0 aliphatic carbocycles. The molecular formula is C20H25ClN4O2S. The second-order valence-electron chi connectivity index (χ2n) is 6.67. The molecule has 1 N–H and O–H groups in total. The number of halogens is 1. The number of benzene rings is 1. The van der Waals surface area contributed by atoms with Crippen LogP contribution < -0.4 is 9.62 Å². The summed E-state index contributed by atoms with van der Waals surface area (Å²) < 4.78 is 26.9. The van der Waals surface area contributed by atoms with Gasteiger partial charge in [0.15, 0.2) is 0 Å². The first-order chi connectivity index (χ1) is 13.4. The molecule has 0 bridgehead atoms. The molecule has 0 atom stereocenters. The highest BCUT2D eigenvalue weighted by molar-refractivity contribution is 7.92. The molecule has 2 heterocycles. The maximum Gasteiger partial charge on any atom is 0.234 e. The molecule has 0 unspecified atom stereocenters. The monoisotopic (exact) mass is 420 g/mol. The SMILES string of the molecule is CCN1CCN(c2ccc(CNS(=O)(=O)/C=C/c3ccc(Cl)cc3)cn2)CC1. The quantitative estimate of drug-likeness (QED) is 0.745. The van der Waals surface area contributed by atoms with Gasteiger partial charge < -0.3 is 9.80 Å². The number of likely N-dealkylation sites (N-methyl/N-ethyl adjacent to an activating group) is 1. The van der Waals surface area contributed by atoms with E-state index < -0.39 is 10.0 Å². The van der Waals surface area contributed by atoms with E-state index in [1.807, 2.05) is 12.1 Å². The number of anilines is 1. The lowest BCUT2D eigenvalue weighted by Crippen LogP contribution is -2.46. The molecule has 1 aromatic heterocycles. The van der Waals surface area contributed by atoms with E-state index in [0.29, 0.717) is 5.02 Å². The van der Waals surface area contributed by atoms with Gasteiger partial charge in [-0.05, 0) is 41.9 Å². The predicted molar refractivity (Wildman–Crippen MR) is 115 cm³/mol. The molecule has 1 aromatic carbocycles. The van der Waals surface area contributed by atoms with Gasteiger partial charge in [0.2, 0.25) is 10.0 Å². The Kier molecular flexibility index (Phi) is 7.07. The highest BCUT2D eigenvalue weighted by Crippen LogP contribution is 2.14. The second-order valence-corrected chi connectivity index (χ2v) is 8.75. The van der Waals surface area contributed by atoms with Gasteiger partial charge in [-0.1, -0.05) is 36.7 Å². The number of hydrogen-bond donors (Lipinski definition) is 1. The van der Waals surface area contributed by atoms with Gasteiger partial charge in [0.25, 0.3) is 0 Å². The standard InChI is InChI=1S/C20H25ClN4O2S/c1-2-24-10-12-25(13-11-24)20-8-5-18(15-22-20)16-23-28(26,27)14-9-17-3-6-19(21)7-4-17/h3-9,14-15,23H,2,10-13,16H2,1H3/b14-9+. The van der Waals surface area contributed by atoms with Crippen molar-refractivity contribution in [1.29, 1.82) is 0 Å². The van der Waals surface area contributed by atoms with E-state index in [2.05, 4.69) is 26.4 Å². The molecule has 28 heavy (non-hydrogen) atoms. The zero-order valence-corrected chi connectivity index (χ0v) is 17.5. The molecule has 3 rings (SSSR count).